The fraction of sp³-hybridized carbons (Fsp3) is 0.846. The SMILES string of the molecule is CC(C)(C)OC(=O)NCCCC[C@H]1SCCC1=O. The maximum Gasteiger partial charge on any atom is 0.407 e. The first kappa shape index (κ1) is 15.3. The van der Waals surface area contributed by atoms with Crippen molar-refractivity contribution >= 4 is 23.6 Å². The predicted octanol–water partition coefficient (Wildman–Crippen LogP) is 2.76. The lowest BCUT2D eigenvalue weighted by Crippen LogP contribution is -2.33. The third-order valence-electron chi connectivity index (χ3n) is 2.59. The summed E-state index contributed by atoms with van der Waals surface area (Å²) in [6, 6.07) is 0. The van der Waals surface area contributed by atoms with Crippen LogP contribution in [0.4, 0.5) is 4.79 Å². The van der Waals surface area contributed by atoms with Crippen molar-refractivity contribution in [1.82, 2.24) is 5.32 Å². The fourth-order valence-electron chi connectivity index (χ4n) is 1.76. The summed E-state index contributed by atoms with van der Waals surface area (Å²) in [6.45, 7) is 6.14. The van der Waals surface area contributed by atoms with Crippen molar-refractivity contribution in [1.29, 1.82) is 0 Å². The van der Waals surface area contributed by atoms with Crippen LogP contribution in [0.1, 0.15) is 46.5 Å². The minimum absolute atomic E-state index is 0.200. The highest BCUT2D eigenvalue weighted by atomic mass is 32.2. The molecule has 1 atom stereocenters. The number of rotatable bonds is 5. The van der Waals surface area contributed by atoms with Crippen LogP contribution >= 0.6 is 11.8 Å². The molecule has 1 N–H and O–H groups in total. The number of unbranched alkanes of at least 4 members (excludes halogenated alkanes) is 1. The molecule has 1 rings (SSSR count). The first-order valence-electron chi connectivity index (χ1n) is 6.49. The van der Waals surface area contributed by atoms with Gasteiger partial charge in [-0.3, -0.25) is 4.79 Å². The van der Waals surface area contributed by atoms with Gasteiger partial charge >= 0.3 is 6.09 Å². The molecule has 5 heteroatoms. The van der Waals surface area contributed by atoms with Crippen molar-refractivity contribution in [2.45, 2.75) is 57.3 Å². The fourth-order valence-corrected chi connectivity index (χ4v) is 3.00. The second-order valence-electron chi connectivity index (χ2n) is 5.50. The number of Topliss-reactive ketones (excluding diaryl/α,β-unsaturated/α-hetero) is 1. The molecule has 1 amide bonds. The zero-order valence-corrected chi connectivity index (χ0v) is 12.3. The molecular formula is C13H23NO3S. The molecule has 0 aromatic heterocycles. The Bertz CT molecular complexity index is 299. The number of thioether (sulfide) groups is 1. The van der Waals surface area contributed by atoms with Crippen LogP contribution < -0.4 is 5.32 Å². The number of hydrogen-bond acceptors (Lipinski definition) is 4. The van der Waals surface area contributed by atoms with Crippen LogP contribution in [0.3, 0.4) is 0 Å². The summed E-state index contributed by atoms with van der Waals surface area (Å²) in [7, 11) is 0. The lowest BCUT2D eigenvalue weighted by atomic mass is 10.1. The van der Waals surface area contributed by atoms with Gasteiger partial charge in [-0.1, -0.05) is 6.42 Å². The number of ether oxygens (including phenoxy) is 1. The molecule has 4 nitrogen and oxygen atoms in total. The first-order chi connectivity index (χ1) is 8.38. The van der Waals surface area contributed by atoms with Gasteiger partial charge < -0.3 is 10.1 Å². The number of carbonyl (C=O) groups is 2. The molecule has 0 aromatic carbocycles. The van der Waals surface area contributed by atoms with Crippen molar-refractivity contribution in [2.75, 3.05) is 12.3 Å². The van der Waals surface area contributed by atoms with Crippen LogP contribution in [-0.2, 0) is 9.53 Å². The van der Waals surface area contributed by atoms with E-state index < -0.39 is 5.60 Å². The summed E-state index contributed by atoms with van der Waals surface area (Å²) in [5.74, 6) is 1.36. The van der Waals surface area contributed by atoms with Gasteiger partial charge in [-0.05, 0) is 33.6 Å². The minimum Gasteiger partial charge on any atom is -0.444 e. The van der Waals surface area contributed by atoms with Crippen molar-refractivity contribution in [2.24, 2.45) is 0 Å². The Kier molecular flexibility index (Phi) is 5.99. The smallest absolute Gasteiger partial charge is 0.407 e. The van der Waals surface area contributed by atoms with Crippen LogP contribution in [0.25, 0.3) is 0 Å². The molecule has 18 heavy (non-hydrogen) atoms. The Morgan fingerprint density at radius 3 is 2.72 bits per heavy atom. The van der Waals surface area contributed by atoms with E-state index in [0.717, 1.165) is 31.4 Å². The van der Waals surface area contributed by atoms with E-state index in [1.807, 2.05) is 20.8 Å². The average molecular weight is 273 g/mol. The third kappa shape index (κ3) is 6.28. The van der Waals surface area contributed by atoms with Crippen molar-refractivity contribution in [3.63, 3.8) is 0 Å². The molecule has 0 aromatic rings. The van der Waals surface area contributed by atoms with Crippen LogP contribution in [-0.4, -0.2) is 35.0 Å². The van der Waals surface area contributed by atoms with Crippen LogP contribution in [0.15, 0.2) is 0 Å². The molecule has 0 bridgehead atoms. The van der Waals surface area contributed by atoms with E-state index >= 15 is 0 Å². The van der Waals surface area contributed by atoms with E-state index in [2.05, 4.69) is 5.32 Å². The van der Waals surface area contributed by atoms with E-state index in [-0.39, 0.29) is 11.3 Å². The Labute approximate surface area is 113 Å². The Morgan fingerprint density at radius 2 is 2.17 bits per heavy atom. The van der Waals surface area contributed by atoms with Gasteiger partial charge in [0.2, 0.25) is 0 Å². The highest BCUT2D eigenvalue weighted by Crippen LogP contribution is 2.26. The monoisotopic (exact) mass is 273 g/mol. The summed E-state index contributed by atoms with van der Waals surface area (Å²) in [4.78, 5) is 22.7. The van der Waals surface area contributed by atoms with Gasteiger partial charge in [-0.2, -0.15) is 11.8 Å². The first-order valence-corrected chi connectivity index (χ1v) is 7.54. The molecule has 0 radical (unpaired) electrons. The molecule has 0 aliphatic carbocycles. The Hall–Kier alpha value is -0.710. The summed E-state index contributed by atoms with van der Waals surface area (Å²) < 4.78 is 5.13. The summed E-state index contributed by atoms with van der Waals surface area (Å²) in [5.41, 5.74) is -0.447. The second-order valence-corrected chi connectivity index (χ2v) is 6.81. The maximum absolute atomic E-state index is 11.4. The Morgan fingerprint density at radius 1 is 1.44 bits per heavy atom. The van der Waals surface area contributed by atoms with E-state index in [0.29, 0.717) is 12.3 Å². The number of hydrogen-bond donors (Lipinski definition) is 1. The number of carbonyl (C=O) groups excluding carboxylic acids is 2. The molecule has 1 heterocycles. The summed E-state index contributed by atoms with van der Waals surface area (Å²) in [6.07, 6.45) is 3.15. The topological polar surface area (TPSA) is 55.4 Å². The van der Waals surface area contributed by atoms with Crippen molar-refractivity contribution in [3.8, 4) is 0 Å². The van der Waals surface area contributed by atoms with E-state index in [4.69, 9.17) is 4.74 Å². The molecule has 104 valence electrons. The number of nitrogens with one attached hydrogen (secondary N) is 1. The quantitative estimate of drug-likeness (QED) is 0.783. The standard InChI is InChI=1S/C13H23NO3S/c1-13(2,3)17-12(16)14-8-5-4-6-11-10(15)7-9-18-11/h11H,4-9H2,1-3H3,(H,14,16)/t11-/m1/s1. The van der Waals surface area contributed by atoms with Crippen LogP contribution in [0.5, 0.6) is 0 Å². The molecule has 1 saturated heterocycles. The number of amides is 1. The average Bonchev–Trinajstić information content (AvgIpc) is 2.61. The third-order valence-corrected chi connectivity index (χ3v) is 3.93. The molecule has 1 aliphatic rings. The van der Waals surface area contributed by atoms with Crippen LogP contribution in [0.2, 0.25) is 0 Å². The zero-order valence-electron chi connectivity index (χ0n) is 11.5. The molecule has 1 fully saturated rings. The largest absolute Gasteiger partial charge is 0.444 e. The summed E-state index contributed by atoms with van der Waals surface area (Å²) >= 11 is 1.76. The van der Waals surface area contributed by atoms with E-state index in [9.17, 15) is 9.59 Å². The lowest BCUT2D eigenvalue weighted by molar-refractivity contribution is -0.117. The van der Waals surface area contributed by atoms with Gasteiger partial charge in [0.25, 0.3) is 0 Å². The lowest BCUT2D eigenvalue weighted by Gasteiger charge is -2.19. The van der Waals surface area contributed by atoms with Gasteiger partial charge in [0.05, 0.1) is 5.25 Å². The van der Waals surface area contributed by atoms with Crippen molar-refractivity contribution < 1.29 is 14.3 Å². The van der Waals surface area contributed by atoms with Gasteiger partial charge in [-0.15, -0.1) is 0 Å². The molecule has 0 saturated carbocycles. The van der Waals surface area contributed by atoms with E-state index in [1.54, 1.807) is 11.8 Å². The summed E-state index contributed by atoms with van der Waals surface area (Å²) in [5, 5.41) is 2.92. The zero-order chi connectivity index (χ0) is 13.6. The van der Waals surface area contributed by atoms with Gasteiger partial charge in [0, 0.05) is 18.7 Å². The predicted molar refractivity (Wildman–Crippen MR) is 74.0 cm³/mol. The van der Waals surface area contributed by atoms with Crippen LogP contribution in [0, 0.1) is 0 Å². The van der Waals surface area contributed by atoms with Gasteiger partial charge in [0.15, 0.2) is 0 Å². The van der Waals surface area contributed by atoms with E-state index in [1.165, 1.54) is 0 Å². The Balaban J connectivity index is 2.01. The molecule has 1 aliphatic heterocycles. The molecule has 0 spiro atoms. The number of ketones is 1. The van der Waals surface area contributed by atoms with Crippen molar-refractivity contribution in [3.05, 3.63) is 0 Å². The van der Waals surface area contributed by atoms with Gasteiger partial charge in [0.1, 0.15) is 11.4 Å². The second kappa shape index (κ2) is 7.02. The number of alkyl carbamates (subject to hydrolysis) is 1. The minimum atomic E-state index is -0.447. The molecular weight excluding hydrogens is 250 g/mol. The normalized spacial score (nSPS) is 19.9. The highest BCUT2D eigenvalue weighted by molar-refractivity contribution is 8.01. The highest BCUT2D eigenvalue weighted by Gasteiger charge is 2.24. The molecule has 0 unspecified atom stereocenters. The van der Waals surface area contributed by atoms with Gasteiger partial charge in [-0.25, -0.2) is 4.79 Å². The maximum atomic E-state index is 11.4.